The molecule has 124 valence electrons. The molecule has 6 heteroatoms. The van der Waals surface area contributed by atoms with Gasteiger partial charge in [0.2, 0.25) is 11.8 Å². The molecule has 3 rings (SSSR count). The molecule has 0 aromatic heterocycles. The van der Waals surface area contributed by atoms with Crippen LogP contribution in [0.3, 0.4) is 0 Å². The highest BCUT2D eigenvalue weighted by Crippen LogP contribution is 2.32. The normalized spacial score (nSPS) is 37.5. The van der Waals surface area contributed by atoms with Crippen LogP contribution in [0.4, 0.5) is 0 Å². The third-order valence-electron chi connectivity index (χ3n) is 5.35. The van der Waals surface area contributed by atoms with Crippen molar-refractivity contribution in [2.24, 2.45) is 0 Å². The number of carbonyl (C=O) groups is 2. The summed E-state index contributed by atoms with van der Waals surface area (Å²) in [5, 5.41) is 0. The summed E-state index contributed by atoms with van der Waals surface area (Å²) in [6.45, 7) is 0.531. The number of rotatable bonds is 2. The summed E-state index contributed by atoms with van der Waals surface area (Å²) in [5.74, 6) is 0.252. The molecule has 2 saturated carbocycles. The lowest BCUT2D eigenvalue weighted by atomic mass is 9.91. The summed E-state index contributed by atoms with van der Waals surface area (Å²) in [6, 6.07) is 0.386. The molecular weight excluding hydrogens is 412 g/mol. The van der Waals surface area contributed by atoms with E-state index in [-0.39, 0.29) is 37.0 Å². The Balaban J connectivity index is 1.68. The highest BCUT2D eigenvalue weighted by molar-refractivity contribution is 9.09. The van der Waals surface area contributed by atoms with Gasteiger partial charge in [0, 0.05) is 21.7 Å². The highest BCUT2D eigenvalue weighted by atomic mass is 79.9. The Morgan fingerprint density at radius 1 is 0.682 bits per heavy atom. The van der Waals surface area contributed by atoms with Crippen LogP contribution in [0.25, 0.3) is 0 Å². The minimum absolute atomic E-state index is 0.126. The Labute approximate surface area is 149 Å². The van der Waals surface area contributed by atoms with Crippen molar-refractivity contribution >= 4 is 43.7 Å². The average Bonchev–Trinajstić information content (AvgIpc) is 2.51. The lowest BCUT2D eigenvalue weighted by molar-refractivity contribution is -0.155. The Kier molecular flexibility index (Phi) is 5.48. The Morgan fingerprint density at radius 3 is 1.41 bits per heavy atom. The number of alkyl halides is 2. The number of carbonyl (C=O) groups excluding carboxylic acids is 2. The van der Waals surface area contributed by atoms with Gasteiger partial charge in [0.15, 0.2) is 0 Å². The smallest absolute Gasteiger partial charge is 0.242 e. The van der Waals surface area contributed by atoms with Crippen LogP contribution in [0.2, 0.25) is 0 Å². The lowest BCUT2D eigenvalue weighted by Crippen LogP contribution is -2.62. The number of amides is 2. The van der Waals surface area contributed by atoms with Crippen LogP contribution >= 0.6 is 31.9 Å². The van der Waals surface area contributed by atoms with Crippen LogP contribution in [0.5, 0.6) is 0 Å². The van der Waals surface area contributed by atoms with E-state index in [1.54, 1.807) is 0 Å². The van der Waals surface area contributed by atoms with Gasteiger partial charge in [-0.05, 0) is 25.7 Å². The second-order valence-corrected chi connectivity index (χ2v) is 9.13. The summed E-state index contributed by atoms with van der Waals surface area (Å²) in [5.41, 5.74) is 0. The van der Waals surface area contributed by atoms with Gasteiger partial charge in [-0.25, -0.2) is 0 Å². The van der Waals surface area contributed by atoms with Crippen LogP contribution in [0.15, 0.2) is 0 Å². The van der Waals surface area contributed by atoms with Gasteiger partial charge in [0.25, 0.3) is 0 Å². The molecule has 0 spiro atoms. The maximum atomic E-state index is 12.6. The van der Waals surface area contributed by atoms with Crippen LogP contribution in [0.1, 0.15) is 51.4 Å². The molecule has 4 unspecified atom stereocenters. The van der Waals surface area contributed by atoms with Crippen molar-refractivity contribution in [3.63, 3.8) is 0 Å². The first kappa shape index (κ1) is 16.7. The molecule has 3 aliphatic rings. The molecule has 0 aromatic rings. The third-order valence-corrected chi connectivity index (χ3v) is 7.48. The van der Waals surface area contributed by atoms with Crippen molar-refractivity contribution in [1.82, 2.24) is 9.80 Å². The van der Waals surface area contributed by atoms with Crippen molar-refractivity contribution < 1.29 is 9.59 Å². The fraction of sp³-hybridized carbons (Fsp3) is 0.875. The van der Waals surface area contributed by atoms with Gasteiger partial charge in [-0.1, -0.05) is 57.5 Å². The SMILES string of the molecule is O=C1CN(C2CCCCC2Br)C(=O)CN1C1CCCCC1Br. The molecule has 1 aliphatic heterocycles. The van der Waals surface area contributed by atoms with E-state index in [1.165, 1.54) is 12.8 Å². The molecule has 1 heterocycles. The molecular formula is C16H24Br2N2O2. The van der Waals surface area contributed by atoms with E-state index in [1.807, 2.05) is 9.80 Å². The zero-order valence-electron chi connectivity index (χ0n) is 12.8. The van der Waals surface area contributed by atoms with Crippen LogP contribution in [0, 0.1) is 0 Å². The Hall–Kier alpha value is -0.100. The monoisotopic (exact) mass is 434 g/mol. The number of hydrogen-bond acceptors (Lipinski definition) is 2. The predicted octanol–water partition coefficient (Wildman–Crippen LogP) is 3.07. The Morgan fingerprint density at radius 2 is 1.05 bits per heavy atom. The molecule has 1 saturated heterocycles. The van der Waals surface area contributed by atoms with E-state index >= 15 is 0 Å². The van der Waals surface area contributed by atoms with Gasteiger partial charge in [0.1, 0.15) is 13.1 Å². The number of piperazine rings is 1. The summed E-state index contributed by atoms with van der Waals surface area (Å²) in [7, 11) is 0. The van der Waals surface area contributed by atoms with Gasteiger partial charge in [-0.3, -0.25) is 9.59 Å². The second kappa shape index (κ2) is 7.20. The standard InChI is InChI=1S/C16H24Br2N2O2/c17-11-5-1-3-7-13(11)19-9-16(22)20(10-15(19)21)14-8-4-2-6-12(14)18/h11-14H,1-10H2. The van der Waals surface area contributed by atoms with Crippen molar-refractivity contribution in [2.45, 2.75) is 73.1 Å². The molecule has 0 bridgehead atoms. The summed E-state index contributed by atoms with van der Waals surface area (Å²) >= 11 is 7.43. The average molecular weight is 436 g/mol. The van der Waals surface area contributed by atoms with Crippen molar-refractivity contribution in [3.05, 3.63) is 0 Å². The zero-order valence-corrected chi connectivity index (χ0v) is 16.0. The summed E-state index contributed by atoms with van der Waals surface area (Å²) in [6.07, 6.45) is 8.95. The van der Waals surface area contributed by atoms with E-state index < -0.39 is 0 Å². The number of hydrogen-bond donors (Lipinski definition) is 0. The number of nitrogens with zero attached hydrogens (tertiary/aromatic N) is 2. The van der Waals surface area contributed by atoms with Crippen molar-refractivity contribution in [1.29, 1.82) is 0 Å². The van der Waals surface area contributed by atoms with Gasteiger partial charge in [-0.15, -0.1) is 0 Å². The quantitative estimate of drug-likeness (QED) is 0.625. The highest BCUT2D eigenvalue weighted by Gasteiger charge is 2.41. The van der Waals surface area contributed by atoms with E-state index in [4.69, 9.17) is 0 Å². The van der Waals surface area contributed by atoms with E-state index in [2.05, 4.69) is 31.9 Å². The van der Waals surface area contributed by atoms with Crippen molar-refractivity contribution in [2.75, 3.05) is 13.1 Å². The first-order valence-electron chi connectivity index (χ1n) is 8.45. The first-order valence-corrected chi connectivity index (χ1v) is 10.3. The molecule has 2 amide bonds. The molecule has 0 radical (unpaired) electrons. The number of halogens is 2. The van der Waals surface area contributed by atoms with E-state index in [0.29, 0.717) is 9.65 Å². The third kappa shape index (κ3) is 3.37. The van der Waals surface area contributed by atoms with Gasteiger partial charge < -0.3 is 9.80 Å². The van der Waals surface area contributed by atoms with Crippen molar-refractivity contribution in [3.8, 4) is 0 Å². The maximum Gasteiger partial charge on any atom is 0.242 e. The van der Waals surface area contributed by atoms with Crippen LogP contribution < -0.4 is 0 Å². The van der Waals surface area contributed by atoms with E-state index in [0.717, 1.165) is 38.5 Å². The molecule has 3 fully saturated rings. The second-order valence-electron chi connectivity index (χ2n) is 6.78. The van der Waals surface area contributed by atoms with E-state index in [9.17, 15) is 9.59 Å². The van der Waals surface area contributed by atoms with Gasteiger partial charge in [0.05, 0.1) is 0 Å². The molecule has 0 N–H and O–H groups in total. The predicted molar refractivity (Wildman–Crippen MR) is 93.4 cm³/mol. The molecule has 4 atom stereocenters. The van der Waals surface area contributed by atoms with Crippen LogP contribution in [-0.4, -0.2) is 56.4 Å². The molecule has 0 aromatic carbocycles. The molecule has 22 heavy (non-hydrogen) atoms. The molecule has 4 nitrogen and oxygen atoms in total. The van der Waals surface area contributed by atoms with Gasteiger partial charge >= 0.3 is 0 Å². The van der Waals surface area contributed by atoms with Crippen LogP contribution in [-0.2, 0) is 9.59 Å². The largest absolute Gasteiger partial charge is 0.328 e. The fourth-order valence-electron chi connectivity index (χ4n) is 4.09. The summed E-state index contributed by atoms with van der Waals surface area (Å²) in [4.78, 5) is 29.6. The Bertz CT molecular complexity index is 406. The zero-order chi connectivity index (χ0) is 15.7. The maximum absolute atomic E-state index is 12.6. The summed E-state index contributed by atoms with van der Waals surface area (Å²) < 4.78 is 0. The molecule has 2 aliphatic carbocycles. The first-order chi connectivity index (χ1) is 10.6. The minimum Gasteiger partial charge on any atom is -0.328 e. The topological polar surface area (TPSA) is 40.6 Å². The van der Waals surface area contributed by atoms with Gasteiger partial charge in [-0.2, -0.15) is 0 Å². The lowest BCUT2D eigenvalue weighted by Gasteiger charge is -2.45. The minimum atomic E-state index is 0.126. The fourth-order valence-corrected chi connectivity index (χ4v) is 5.84.